The monoisotopic (exact) mass is 406 g/mol. The summed E-state index contributed by atoms with van der Waals surface area (Å²) >= 11 is 0. The molecule has 0 spiro atoms. The number of piperidine rings is 1. The van der Waals surface area contributed by atoms with E-state index in [1.165, 1.54) is 6.08 Å². The number of rotatable bonds is 5. The van der Waals surface area contributed by atoms with Gasteiger partial charge in [-0.25, -0.2) is 0 Å². The number of hydrogen-bond donors (Lipinski definition) is 1. The number of fused-ring (bicyclic) bond motifs is 1. The molecule has 1 atom stereocenters. The molecule has 6 heteroatoms. The number of carbonyl (C=O) groups is 2. The lowest BCUT2D eigenvalue weighted by Gasteiger charge is -2.32. The summed E-state index contributed by atoms with van der Waals surface area (Å²) in [5, 5.41) is 2.99. The second-order valence-electron chi connectivity index (χ2n) is 7.60. The van der Waals surface area contributed by atoms with E-state index < -0.39 is 0 Å². The van der Waals surface area contributed by atoms with Crippen molar-refractivity contribution < 1.29 is 19.1 Å². The van der Waals surface area contributed by atoms with Gasteiger partial charge in [0.2, 0.25) is 5.91 Å². The molecular weight excluding hydrogens is 380 g/mol. The molecule has 1 N–H and O–H groups in total. The Labute approximate surface area is 176 Å². The lowest BCUT2D eigenvalue weighted by Crippen LogP contribution is -2.41. The maximum Gasteiger partial charge on any atom is 0.251 e. The van der Waals surface area contributed by atoms with Gasteiger partial charge in [0.15, 0.2) is 11.5 Å². The van der Waals surface area contributed by atoms with E-state index in [1.54, 1.807) is 0 Å². The van der Waals surface area contributed by atoms with Crippen LogP contribution in [0, 0.1) is 0 Å². The highest BCUT2D eigenvalue weighted by Gasteiger charge is 2.26. The van der Waals surface area contributed by atoms with Crippen molar-refractivity contribution in [3.05, 3.63) is 72.3 Å². The van der Waals surface area contributed by atoms with Gasteiger partial charge in [-0.15, -0.1) is 0 Å². The van der Waals surface area contributed by atoms with Crippen molar-refractivity contribution in [2.45, 2.75) is 24.9 Å². The van der Waals surface area contributed by atoms with Gasteiger partial charge in [0.1, 0.15) is 12.7 Å². The normalized spacial score (nSPS) is 18.5. The van der Waals surface area contributed by atoms with Gasteiger partial charge >= 0.3 is 0 Å². The van der Waals surface area contributed by atoms with Crippen LogP contribution >= 0.6 is 0 Å². The Hall–Kier alpha value is -3.28. The Morgan fingerprint density at radius 3 is 2.53 bits per heavy atom. The van der Waals surface area contributed by atoms with Gasteiger partial charge < -0.3 is 19.7 Å². The summed E-state index contributed by atoms with van der Waals surface area (Å²) in [6.07, 6.45) is 2.79. The predicted octanol–water partition coefficient (Wildman–Crippen LogP) is 3.15. The van der Waals surface area contributed by atoms with Crippen molar-refractivity contribution in [1.82, 2.24) is 10.2 Å². The number of nitrogens with zero attached hydrogens (tertiary/aromatic N) is 1. The summed E-state index contributed by atoms with van der Waals surface area (Å²) in [6.45, 7) is 5.68. The van der Waals surface area contributed by atoms with E-state index in [2.05, 4.69) is 11.9 Å². The first-order valence-corrected chi connectivity index (χ1v) is 10.3. The number of ether oxygens (including phenoxy) is 2. The van der Waals surface area contributed by atoms with E-state index in [1.807, 2.05) is 53.4 Å². The van der Waals surface area contributed by atoms with E-state index in [9.17, 15) is 9.59 Å². The molecule has 6 nitrogen and oxygen atoms in total. The number of para-hydroxylation sites is 2. The zero-order valence-electron chi connectivity index (χ0n) is 16.9. The van der Waals surface area contributed by atoms with Gasteiger partial charge in [-0.05, 0) is 48.6 Å². The molecule has 2 aliphatic heterocycles. The molecule has 2 aromatic rings. The van der Waals surface area contributed by atoms with Crippen LogP contribution in [0.3, 0.4) is 0 Å². The van der Waals surface area contributed by atoms with E-state index in [0.29, 0.717) is 37.6 Å². The average molecular weight is 406 g/mol. The first-order chi connectivity index (χ1) is 14.7. The smallest absolute Gasteiger partial charge is 0.251 e. The molecule has 0 bridgehead atoms. The molecule has 30 heavy (non-hydrogen) atoms. The predicted molar refractivity (Wildman–Crippen MR) is 114 cm³/mol. The van der Waals surface area contributed by atoms with Crippen LogP contribution < -0.4 is 14.8 Å². The quantitative estimate of drug-likeness (QED) is 0.775. The zero-order chi connectivity index (χ0) is 20.9. The number of hydrogen-bond acceptors (Lipinski definition) is 4. The molecule has 0 aliphatic carbocycles. The van der Waals surface area contributed by atoms with Crippen LogP contribution in [0.4, 0.5) is 0 Å². The van der Waals surface area contributed by atoms with Crippen molar-refractivity contribution in [2.75, 3.05) is 26.2 Å². The molecule has 0 radical (unpaired) electrons. The van der Waals surface area contributed by atoms with Crippen LogP contribution in [-0.2, 0) is 4.79 Å². The molecule has 2 amide bonds. The highest BCUT2D eigenvalue weighted by Crippen LogP contribution is 2.32. The van der Waals surface area contributed by atoms with Crippen LogP contribution in [0.5, 0.6) is 11.5 Å². The SMILES string of the molecule is C=CC(=O)N1CCC(c2ccccc2C(=O)NCC2COc3ccccc3O2)CC1. The zero-order valence-corrected chi connectivity index (χ0v) is 16.9. The number of carbonyl (C=O) groups excluding carboxylic acids is 2. The minimum absolute atomic E-state index is 0.0317. The van der Waals surface area contributed by atoms with Gasteiger partial charge in [0.25, 0.3) is 5.91 Å². The van der Waals surface area contributed by atoms with Crippen LogP contribution in [0.1, 0.15) is 34.7 Å². The molecule has 2 aromatic carbocycles. The first kappa shape index (κ1) is 20.0. The summed E-state index contributed by atoms with van der Waals surface area (Å²) in [6, 6.07) is 15.2. The largest absolute Gasteiger partial charge is 0.486 e. The Morgan fingerprint density at radius 2 is 1.77 bits per heavy atom. The van der Waals surface area contributed by atoms with E-state index in [4.69, 9.17) is 9.47 Å². The molecule has 156 valence electrons. The van der Waals surface area contributed by atoms with E-state index in [-0.39, 0.29) is 23.8 Å². The summed E-state index contributed by atoms with van der Waals surface area (Å²) in [5.41, 5.74) is 1.72. The van der Waals surface area contributed by atoms with Crippen molar-refractivity contribution in [2.24, 2.45) is 0 Å². The minimum Gasteiger partial charge on any atom is -0.486 e. The van der Waals surface area contributed by atoms with Crippen molar-refractivity contribution >= 4 is 11.8 Å². The van der Waals surface area contributed by atoms with Crippen molar-refractivity contribution in [3.63, 3.8) is 0 Å². The van der Waals surface area contributed by atoms with Crippen LogP contribution in [-0.4, -0.2) is 49.1 Å². The van der Waals surface area contributed by atoms with E-state index in [0.717, 1.165) is 24.2 Å². The third kappa shape index (κ3) is 4.32. The Morgan fingerprint density at radius 1 is 1.07 bits per heavy atom. The fraction of sp³-hybridized carbons (Fsp3) is 0.333. The third-order valence-electron chi connectivity index (χ3n) is 5.68. The lowest BCUT2D eigenvalue weighted by molar-refractivity contribution is -0.127. The second kappa shape index (κ2) is 9.03. The topological polar surface area (TPSA) is 67.9 Å². The number of benzene rings is 2. The van der Waals surface area contributed by atoms with Gasteiger partial charge in [-0.3, -0.25) is 9.59 Å². The highest BCUT2D eigenvalue weighted by atomic mass is 16.6. The average Bonchev–Trinajstić information content (AvgIpc) is 2.82. The third-order valence-corrected chi connectivity index (χ3v) is 5.68. The van der Waals surface area contributed by atoms with Crippen LogP contribution in [0.2, 0.25) is 0 Å². The van der Waals surface area contributed by atoms with E-state index >= 15 is 0 Å². The fourth-order valence-corrected chi connectivity index (χ4v) is 4.07. The second-order valence-corrected chi connectivity index (χ2v) is 7.60. The van der Waals surface area contributed by atoms with Gasteiger partial charge in [0, 0.05) is 18.7 Å². The van der Waals surface area contributed by atoms with Crippen molar-refractivity contribution in [1.29, 1.82) is 0 Å². The Kier molecular flexibility index (Phi) is 6.02. The molecule has 2 aliphatic rings. The fourth-order valence-electron chi connectivity index (χ4n) is 4.07. The Balaban J connectivity index is 1.37. The summed E-state index contributed by atoms with van der Waals surface area (Å²) in [7, 11) is 0. The highest BCUT2D eigenvalue weighted by molar-refractivity contribution is 5.96. The summed E-state index contributed by atoms with van der Waals surface area (Å²) < 4.78 is 11.6. The molecule has 1 saturated heterocycles. The summed E-state index contributed by atoms with van der Waals surface area (Å²) in [4.78, 5) is 26.6. The number of nitrogens with one attached hydrogen (secondary N) is 1. The van der Waals surface area contributed by atoms with Gasteiger partial charge in [-0.2, -0.15) is 0 Å². The maximum absolute atomic E-state index is 12.9. The Bertz CT molecular complexity index is 934. The first-order valence-electron chi connectivity index (χ1n) is 10.3. The van der Waals surface area contributed by atoms with Crippen LogP contribution in [0.25, 0.3) is 0 Å². The molecule has 1 fully saturated rings. The van der Waals surface area contributed by atoms with Gasteiger partial charge in [-0.1, -0.05) is 36.9 Å². The molecule has 0 aromatic heterocycles. The molecule has 1 unspecified atom stereocenters. The van der Waals surface area contributed by atoms with Gasteiger partial charge in [0.05, 0.1) is 6.54 Å². The molecular formula is C24H26N2O4. The maximum atomic E-state index is 12.9. The molecule has 0 saturated carbocycles. The number of amides is 2. The molecule has 2 heterocycles. The lowest BCUT2D eigenvalue weighted by atomic mass is 9.86. The summed E-state index contributed by atoms with van der Waals surface area (Å²) in [5.74, 6) is 1.53. The van der Waals surface area contributed by atoms with Crippen molar-refractivity contribution in [3.8, 4) is 11.5 Å². The number of likely N-dealkylation sites (tertiary alicyclic amines) is 1. The molecule has 4 rings (SSSR count). The standard InChI is InChI=1S/C24H26N2O4/c1-2-23(27)26-13-11-17(12-14-26)19-7-3-4-8-20(19)24(28)25-15-18-16-29-21-9-5-6-10-22(21)30-18/h2-10,17-18H,1,11-16H2,(H,25,28). The van der Waals surface area contributed by atoms with Crippen LogP contribution in [0.15, 0.2) is 61.2 Å². The minimum atomic E-state index is -0.232.